The van der Waals surface area contributed by atoms with Gasteiger partial charge in [-0.15, -0.1) is 0 Å². The van der Waals surface area contributed by atoms with E-state index in [0.29, 0.717) is 22.8 Å². The van der Waals surface area contributed by atoms with Gasteiger partial charge in [0.05, 0.1) is 28.9 Å². The van der Waals surface area contributed by atoms with E-state index >= 15 is 0 Å². The van der Waals surface area contributed by atoms with Crippen molar-refractivity contribution in [3.63, 3.8) is 0 Å². The maximum absolute atomic E-state index is 12.4. The number of hydrogen-bond donors (Lipinski definition) is 1. The number of carbonyl (C=O) groups is 2. The normalized spacial score (nSPS) is 11.0. The molecular formula is C27H34Cl2N2O4. The highest BCUT2D eigenvalue weighted by atomic mass is 35.5. The van der Waals surface area contributed by atoms with Gasteiger partial charge in [0.25, 0.3) is 0 Å². The molecule has 2 aromatic carbocycles. The fourth-order valence-corrected chi connectivity index (χ4v) is 3.76. The highest BCUT2D eigenvalue weighted by Gasteiger charge is 2.14. The van der Waals surface area contributed by atoms with Crippen LogP contribution in [0.2, 0.25) is 10.0 Å². The van der Waals surface area contributed by atoms with Crippen LogP contribution in [0.4, 0.5) is 0 Å². The van der Waals surface area contributed by atoms with Gasteiger partial charge in [-0.3, -0.25) is 4.79 Å². The lowest BCUT2D eigenvalue weighted by atomic mass is 10.1. The van der Waals surface area contributed by atoms with Crippen LogP contribution < -0.4 is 14.9 Å². The van der Waals surface area contributed by atoms with Crippen molar-refractivity contribution in [2.45, 2.75) is 71.1 Å². The summed E-state index contributed by atoms with van der Waals surface area (Å²) in [7, 11) is 1.47. The van der Waals surface area contributed by atoms with Crippen LogP contribution in [0.15, 0.2) is 41.5 Å². The molecule has 2 rings (SSSR count). The van der Waals surface area contributed by atoms with E-state index in [0.717, 1.165) is 12.8 Å². The first kappa shape index (κ1) is 28.7. The van der Waals surface area contributed by atoms with E-state index in [1.165, 1.54) is 76.5 Å². The van der Waals surface area contributed by atoms with Gasteiger partial charge in [0, 0.05) is 6.42 Å². The first-order valence-electron chi connectivity index (χ1n) is 12.1. The molecular weight excluding hydrogens is 487 g/mol. The lowest BCUT2D eigenvalue weighted by molar-refractivity contribution is -0.121. The number of rotatable bonds is 15. The average Bonchev–Trinajstić information content (AvgIpc) is 2.85. The van der Waals surface area contributed by atoms with Crippen LogP contribution in [-0.2, 0) is 4.79 Å². The third kappa shape index (κ3) is 10.7. The first-order valence-corrected chi connectivity index (χ1v) is 12.9. The highest BCUT2D eigenvalue weighted by molar-refractivity contribution is 6.42. The van der Waals surface area contributed by atoms with Crippen molar-refractivity contribution in [3.8, 4) is 11.5 Å². The molecule has 35 heavy (non-hydrogen) atoms. The maximum Gasteiger partial charge on any atom is 0.343 e. The third-order valence-electron chi connectivity index (χ3n) is 5.46. The average molecular weight is 521 g/mol. The number of methoxy groups -OCH3 is 1. The van der Waals surface area contributed by atoms with Crippen LogP contribution in [0.1, 0.15) is 87.1 Å². The van der Waals surface area contributed by atoms with Crippen LogP contribution in [0.25, 0.3) is 0 Å². The maximum atomic E-state index is 12.4. The zero-order valence-electron chi connectivity index (χ0n) is 20.4. The quantitative estimate of drug-likeness (QED) is 0.0861. The van der Waals surface area contributed by atoms with Gasteiger partial charge in [0.15, 0.2) is 11.5 Å². The largest absolute Gasteiger partial charge is 0.493 e. The number of esters is 1. The van der Waals surface area contributed by atoms with Crippen LogP contribution >= 0.6 is 23.2 Å². The second-order valence-corrected chi connectivity index (χ2v) is 9.11. The minimum Gasteiger partial charge on any atom is -0.493 e. The molecule has 0 saturated carbocycles. The summed E-state index contributed by atoms with van der Waals surface area (Å²) in [6.45, 7) is 2.22. The molecule has 1 N–H and O–H groups in total. The van der Waals surface area contributed by atoms with Crippen LogP contribution in [0.3, 0.4) is 0 Å². The highest BCUT2D eigenvalue weighted by Crippen LogP contribution is 2.29. The molecule has 0 aliphatic rings. The van der Waals surface area contributed by atoms with Crippen molar-refractivity contribution < 1.29 is 19.1 Å². The number of nitrogens with one attached hydrogen (secondary N) is 1. The molecule has 0 fully saturated rings. The van der Waals surface area contributed by atoms with Crippen LogP contribution in [-0.4, -0.2) is 25.2 Å². The molecule has 0 atom stereocenters. The first-order chi connectivity index (χ1) is 16.9. The lowest BCUT2D eigenvalue weighted by Gasteiger charge is -2.10. The summed E-state index contributed by atoms with van der Waals surface area (Å²) < 4.78 is 10.8. The Kier molecular flexibility index (Phi) is 13.2. The third-order valence-corrected chi connectivity index (χ3v) is 6.19. The number of hydrazone groups is 1. The Morgan fingerprint density at radius 3 is 2.23 bits per heavy atom. The van der Waals surface area contributed by atoms with Gasteiger partial charge in [0.1, 0.15) is 0 Å². The predicted molar refractivity (Wildman–Crippen MR) is 142 cm³/mol. The molecule has 8 heteroatoms. The number of carbonyl (C=O) groups excluding carboxylic acids is 2. The van der Waals surface area contributed by atoms with Gasteiger partial charge >= 0.3 is 5.97 Å². The molecule has 0 spiro atoms. The van der Waals surface area contributed by atoms with Crippen molar-refractivity contribution in [3.05, 3.63) is 57.6 Å². The second-order valence-electron chi connectivity index (χ2n) is 8.30. The second kappa shape index (κ2) is 16.2. The van der Waals surface area contributed by atoms with Gasteiger partial charge < -0.3 is 9.47 Å². The summed E-state index contributed by atoms with van der Waals surface area (Å²) in [6.07, 6.45) is 12.8. The molecule has 0 bridgehead atoms. The van der Waals surface area contributed by atoms with E-state index in [1.54, 1.807) is 18.2 Å². The number of halogens is 2. The Morgan fingerprint density at radius 1 is 0.886 bits per heavy atom. The van der Waals surface area contributed by atoms with E-state index in [2.05, 4.69) is 17.5 Å². The summed E-state index contributed by atoms with van der Waals surface area (Å²) in [5, 5.41) is 4.63. The molecule has 190 valence electrons. The molecule has 6 nitrogen and oxygen atoms in total. The number of amides is 1. The van der Waals surface area contributed by atoms with Crippen LogP contribution in [0.5, 0.6) is 11.5 Å². The minimum atomic E-state index is -0.591. The van der Waals surface area contributed by atoms with E-state index in [-0.39, 0.29) is 22.2 Å². The van der Waals surface area contributed by atoms with Gasteiger partial charge in [-0.2, -0.15) is 5.10 Å². The fraction of sp³-hybridized carbons (Fsp3) is 0.444. The monoisotopic (exact) mass is 520 g/mol. The number of benzene rings is 2. The van der Waals surface area contributed by atoms with Crippen molar-refractivity contribution in [1.29, 1.82) is 0 Å². The van der Waals surface area contributed by atoms with Gasteiger partial charge in [-0.25, -0.2) is 10.2 Å². The summed E-state index contributed by atoms with van der Waals surface area (Å²) >= 11 is 11.9. The van der Waals surface area contributed by atoms with E-state index in [1.807, 2.05) is 0 Å². The van der Waals surface area contributed by atoms with E-state index in [4.69, 9.17) is 32.7 Å². The Labute approximate surface area is 218 Å². The molecule has 0 aliphatic carbocycles. The molecule has 1 amide bonds. The Balaban J connectivity index is 1.76. The Bertz CT molecular complexity index is 995. The SMILES string of the molecule is CCCCCCCCCCCC(=O)N/N=C/c1ccc(OC(=O)c2ccc(Cl)c(Cl)c2)c(OC)c1. The lowest BCUT2D eigenvalue weighted by Crippen LogP contribution is -2.16. The molecule has 0 aromatic heterocycles. The smallest absolute Gasteiger partial charge is 0.343 e. The van der Waals surface area contributed by atoms with Crippen molar-refractivity contribution in [2.24, 2.45) is 5.10 Å². The molecule has 2 aromatic rings. The van der Waals surface area contributed by atoms with E-state index in [9.17, 15) is 9.59 Å². The number of nitrogens with zero attached hydrogens (tertiary/aromatic N) is 1. The van der Waals surface area contributed by atoms with E-state index < -0.39 is 5.97 Å². The number of hydrogen-bond acceptors (Lipinski definition) is 5. The summed E-state index contributed by atoms with van der Waals surface area (Å²) in [6, 6.07) is 9.46. The van der Waals surface area contributed by atoms with Gasteiger partial charge in [-0.1, -0.05) is 81.5 Å². The Hall–Kier alpha value is -2.57. The number of ether oxygens (including phenoxy) is 2. The predicted octanol–water partition coefficient (Wildman–Crippen LogP) is 7.59. The van der Waals surface area contributed by atoms with Gasteiger partial charge in [-0.05, 0) is 48.4 Å². The summed E-state index contributed by atoms with van der Waals surface area (Å²) in [5.41, 5.74) is 3.50. The molecule has 0 radical (unpaired) electrons. The standard InChI is InChI=1S/C27H34Cl2N2O4/c1-3-4-5-6-7-8-9-10-11-12-26(32)31-30-19-20-13-16-24(25(17-20)34-2)35-27(33)21-14-15-22(28)23(29)18-21/h13-19H,3-12H2,1-2H3,(H,31,32)/b30-19+. The Morgan fingerprint density at radius 2 is 1.57 bits per heavy atom. The zero-order chi connectivity index (χ0) is 25.5. The number of unbranched alkanes of at least 4 members (excludes halogenated alkanes) is 8. The van der Waals surface area contributed by atoms with Crippen molar-refractivity contribution >= 4 is 41.3 Å². The molecule has 0 unspecified atom stereocenters. The molecule has 0 heterocycles. The topological polar surface area (TPSA) is 77.0 Å². The van der Waals surface area contributed by atoms with Crippen molar-refractivity contribution in [1.82, 2.24) is 5.43 Å². The summed E-state index contributed by atoms with van der Waals surface area (Å²) in [5.74, 6) is -0.103. The van der Waals surface area contributed by atoms with Gasteiger partial charge in [0.2, 0.25) is 5.91 Å². The van der Waals surface area contributed by atoms with Crippen LogP contribution in [0, 0.1) is 0 Å². The minimum absolute atomic E-state index is 0.108. The van der Waals surface area contributed by atoms with Crippen molar-refractivity contribution in [2.75, 3.05) is 7.11 Å². The molecule has 0 saturated heterocycles. The molecule has 0 aliphatic heterocycles. The fourth-order valence-electron chi connectivity index (χ4n) is 3.46. The summed E-state index contributed by atoms with van der Waals surface area (Å²) in [4.78, 5) is 24.4. The zero-order valence-corrected chi connectivity index (χ0v) is 22.0.